The zero-order chi connectivity index (χ0) is 25.1. The van der Waals surface area contributed by atoms with Gasteiger partial charge in [0.25, 0.3) is 0 Å². The van der Waals surface area contributed by atoms with E-state index in [1.165, 1.54) is 18.2 Å². The van der Waals surface area contributed by atoms with Gasteiger partial charge in [0.1, 0.15) is 23.0 Å². The lowest BCUT2D eigenvalue weighted by Gasteiger charge is -2.18. The fraction of sp³-hybridized carbons (Fsp3) is 0.346. The monoisotopic (exact) mass is 478 g/mol. The van der Waals surface area contributed by atoms with E-state index < -0.39 is 17.7 Å². The minimum Gasteiger partial charge on any atom is -0.391 e. The minimum absolute atomic E-state index is 0.0355. The highest BCUT2D eigenvalue weighted by atomic mass is 19.1. The first kappa shape index (κ1) is 24.5. The van der Waals surface area contributed by atoms with Crippen molar-refractivity contribution in [1.29, 1.82) is 0 Å². The van der Waals surface area contributed by atoms with Crippen molar-refractivity contribution in [2.45, 2.75) is 58.6 Å². The Morgan fingerprint density at radius 2 is 1.71 bits per heavy atom. The van der Waals surface area contributed by atoms with Gasteiger partial charge in [-0.25, -0.2) is 13.8 Å². The molecule has 2 atom stereocenters. The molecule has 0 fully saturated rings. The molecule has 35 heavy (non-hydrogen) atoms. The summed E-state index contributed by atoms with van der Waals surface area (Å²) >= 11 is 0. The summed E-state index contributed by atoms with van der Waals surface area (Å²) < 4.78 is 30.4. The molecule has 0 saturated heterocycles. The molecule has 7 nitrogen and oxygen atoms in total. The number of nitrogens with zero attached hydrogens (tertiary/aromatic N) is 6. The van der Waals surface area contributed by atoms with E-state index in [1.54, 1.807) is 29.3 Å². The third kappa shape index (κ3) is 5.24. The largest absolute Gasteiger partial charge is 0.391 e. The van der Waals surface area contributed by atoms with Gasteiger partial charge in [-0.05, 0) is 42.2 Å². The number of rotatable bonds is 8. The van der Waals surface area contributed by atoms with E-state index in [-0.39, 0.29) is 23.1 Å². The van der Waals surface area contributed by atoms with Gasteiger partial charge < -0.3 is 5.11 Å². The maximum absolute atomic E-state index is 14.3. The Balaban J connectivity index is 1.67. The molecule has 0 aliphatic rings. The van der Waals surface area contributed by atoms with Gasteiger partial charge in [0, 0.05) is 18.3 Å². The van der Waals surface area contributed by atoms with E-state index in [4.69, 9.17) is 4.98 Å². The summed E-state index contributed by atoms with van der Waals surface area (Å²) in [5, 5.41) is 22.9. The third-order valence-electron chi connectivity index (χ3n) is 5.97. The number of aliphatic hydroxyl groups excluding tert-OH is 1. The van der Waals surface area contributed by atoms with Crippen molar-refractivity contribution >= 4 is 0 Å². The van der Waals surface area contributed by atoms with Crippen molar-refractivity contribution in [3.63, 3.8) is 0 Å². The molecule has 0 aliphatic carbocycles. The average Bonchev–Trinajstić information content (AvgIpc) is 3.32. The van der Waals surface area contributed by atoms with Gasteiger partial charge in [0.05, 0.1) is 41.5 Å². The molecule has 4 rings (SSSR count). The number of aliphatic hydroxyl groups is 1. The number of aromatic nitrogens is 6. The van der Waals surface area contributed by atoms with Crippen LogP contribution in [-0.2, 0) is 6.54 Å². The van der Waals surface area contributed by atoms with E-state index in [1.807, 2.05) is 33.8 Å². The molecule has 0 bridgehead atoms. The Morgan fingerprint density at radius 1 is 0.971 bits per heavy atom. The van der Waals surface area contributed by atoms with E-state index in [9.17, 15) is 13.9 Å². The van der Waals surface area contributed by atoms with Gasteiger partial charge in [-0.1, -0.05) is 33.8 Å². The van der Waals surface area contributed by atoms with Crippen LogP contribution in [0.2, 0.25) is 0 Å². The van der Waals surface area contributed by atoms with Crippen LogP contribution >= 0.6 is 0 Å². The highest BCUT2D eigenvalue weighted by Crippen LogP contribution is 2.32. The zero-order valence-corrected chi connectivity index (χ0v) is 20.2. The summed E-state index contributed by atoms with van der Waals surface area (Å²) in [7, 11) is 0. The first-order valence-electron chi connectivity index (χ1n) is 11.6. The summed E-state index contributed by atoms with van der Waals surface area (Å²) in [6, 6.07) is 7.26. The van der Waals surface area contributed by atoms with Crippen LogP contribution in [-0.4, -0.2) is 41.2 Å². The van der Waals surface area contributed by atoms with E-state index >= 15 is 0 Å². The Hall–Kier alpha value is -3.59. The lowest BCUT2D eigenvalue weighted by atomic mass is 9.92. The molecule has 1 aromatic carbocycles. The molecule has 4 aromatic rings. The Kier molecular flexibility index (Phi) is 7.25. The lowest BCUT2D eigenvalue weighted by molar-refractivity contribution is 0.145. The predicted octanol–water partition coefficient (Wildman–Crippen LogP) is 5.12. The number of benzene rings is 1. The number of halogens is 2. The zero-order valence-electron chi connectivity index (χ0n) is 20.2. The molecular formula is C26H28F2N6O. The van der Waals surface area contributed by atoms with Crippen LogP contribution < -0.4 is 0 Å². The SMILES string of the molecule is CC[C@@H](O)Cn1ccc(-c2cncc(C(C)c3nnc(-c4c(F)cccc4F)cc3C(C)C)n2)n1. The Labute approximate surface area is 202 Å². The fourth-order valence-electron chi connectivity index (χ4n) is 3.88. The summed E-state index contributed by atoms with van der Waals surface area (Å²) in [6.45, 7) is 8.26. The molecule has 1 N–H and O–H groups in total. The van der Waals surface area contributed by atoms with E-state index in [2.05, 4.69) is 20.3 Å². The molecular weight excluding hydrogens is 450 g/mol. The van der Waals surface area contributed by atoms with Crippen molar-refractivity contribution in [3.05, 3.63) is 77.5 Å². The Bertz CT molecular complexity index is 1300. The molecule has 0 spiro atoms. The lowest BCUT2D eigenvalue weighted by Crippen LogP contribution is -2.15. The maximum Gasteiger partial charge on any atom is 0.135 e. The summed E-state index contributed by atoms with van der Waals surface area (Å²) in [4.78, 5) is 9.10. The van der Waals surface area contributed by atoms with Crippen LogP contribution in [0.3, 0.4) is 0 Å². The van der Waals surface area contributed by atoms with Crippen molar-refractivity contribution in [1.82, 2.24) is 29.9 Å². The standard InChI is InChI=1S/C26H28F2N6O/c1-5-17(35)14-34-10-9-21(33-34)24-13-29-12-23(30-24)16(4)26-18(15(2)3)11-22(31-32-26)25-19(27)7-6-8-20(25)28/h6-13,15-17,35H,5,14H2,1-4H3/t16?,17-/m1/s1. The van der Waals surface area contributed by atoms with Gasteiger partial charge in [0.15, 0.2) is 0 Å². The van der Waals surface area contributed by atoms with Crippen LogP contribution in [0.1, 0.15) is 62.9 Å². The fourth-order valence-corrected chi connectivity index (χ4v) is 3.88. The first-order chi connectivity index (χ1) is 16.8. The molecule has 0 amide bonds. The highest BCUT2D eigenvalue weighted by molar-refractivity contribution is 5.61. The van der Waals surface area contributed by atoms with E-state index in [0.29, 0.717) is 35.7 Å². The molecule has 0 saturated carbocycles. The smallest absolute Gasteiger partial charge is 0.135 e. The third-order valence-corrected chi connectivity index (χ3v) is 5.97. The van der Waals surface area contributed by atoms with Crippen LogP contribution in [0.4, 0.5) is 8.78 Å². The molecule has 9 heteroatoms. The predicted molar refractivity (Wildman–Crippen MR) is 129 cm³/mol. The number of hydrogen-bond acceptors (Lipinski definition) is 6. The maximum atomic E-state index is 14.3. The second-order valence-electron chi connectivity index (χ2n) is 8.86. The van der Waals surface area contributed by atoms with E-state index in [0.717, 1.165) is 5.56 Å². The van der Waals surface area contributed by atoms with Gasteiger partial charge in [-0.15, -0.1) is 0 Å². The van der Waals surface area contributed by atoms with Gasteiger partial charge in [-0.2, -0.15) is 15.3 Å². The Morgan fingerprint density at radius 3 is 2.40 bits per heavy atom. The van der Waals surface area contributed by atoms with Crippen molar-refractivity contribution < 1.29 is 13.9 Å². The van der Waals surface area contributed by atoms with Crippen LogP contribution in [0.15, 0.2) is 48.9 Å². The minimum atomic E-state index is -0.681. The van der Waals surface area contributed by atoms with Gasteiger partial charge in [0.2, 0.25) is 0 Å². The number of hydrogen-bond donors (Lipinski definition) is 1. The summed E-state index contributed by atoms with van der Waals surface area (Å²) in [5.74, 6) is -1.59. The second kappa shape index (κ2) is 10.4. The van der Waals surface area contributed by atoms with Crippen LogP contribution in [0, 0.1) is 11.6 Å². The van der Waals surface area contributed by atoms with Crippen LogP contribution in [0.5, 0.6) is 0 Å². The average molecular weight is 479 g/mol. The second-order valence-corrected chi connectivity index (χ2v) is 8.86. The quantitative estimate of drug-likeness (QED) is 0.378. The first-order valence-corrected chi connectivity index (χ1v) is 11.6. The van der Waals surface area contributed by atoms with Crippen molar-refractivity contribution in [2.24, 2.45) is 0 Å². The normalized spacial score (nSPS) is 13.3. The topological polar surface area (TPSA) is 89.6 Å². The van der Waals surface area contributed by atoms with Crippen molar-refractivity contribution in [2.75, 3.05) is 0 Å². The molecule has 1 unspecified atom stereocenters. The van der Waals surface area contributed by atoms with Gasteiger partial charge >= 0.3 is 0 Å². The molecule has 182 valence electrons. The molecule has 0 radical (unpaired) electrons. The molecule has 3 aromatic heterocycles. The van der Waals surface area contributed by atoms with Crippen LogP contribution in [0.25, 0.3) is 22.6 Å². The molecule has 0 aliphatic heterocycles. The molecule has 3 heterocycles. The summed E-state index contributed by atoms with van der Waals surface area (Å²) in [5.41, 5.74) is 3.38. The van der Waals surface area contributed by atoms with Gasteiger partial charge in [-0.3, -0.25) is 9.67 Å². The summed E-state index contributed by atoms with van der Waals surface area (Å²) in [6.07, 6.45) is 5.29. The highest BCUT2D eigenvalue weighted by Gasteiger charge is 2.22. The van der Waals surface area contributed by atoms with Crippen molar-refractivity contribution in [3.8, 4) is 22.6 Å².